The maximum atomic E-state index is 12.1. The van der Waals surface area contributed by atoms with Gasteiger partial charge < -0.3 is 19.7 Å². The number of amides is 2. The molecule has 1 saturated heterocycles. The van der Waals surface area contributed by atoms with E-state index in [1.165, 1.54) is 0 Å². The lowest BCUT2D eigenvalue weighted by Crippen LogP contribution is -2.49. The van der Waals surface area contributed by atoms with Gasteiger partial charge in [-0.3, -0.25) is 0 Å². The minimum Gasteiger partial charge on any atom is -0.458 e. The van der Waals surface area contributed by atoms with Gasteiger partial charge in [-0.1, -0.05) is 0 Å². The van der Waals surface area contributed by atoms with Crippen LogP contribution in [0.3, 0.4) is 0 Å². The smallest absolute Gasteiger partial charge is 0.317 e. The molecule has 1 N–H and O–H groups in total. The number of nitrogens with zero attached hydrogens (tertiary/aromatic N) is 3. The minimum absolute atomic E-state index is 0.0666. The van der Waals surface area contributed by atoms with E-state index in [0.717, 1.165) is 30.8 Å². The molecule has 1 aromatic rings. The largest absolute Gasteiger partial charge is 0.458 e. The summed E-state index contributed by atoms with van der Waals surface area (Å²) in [5.74, 6) is 0. The third-order valence-corrected chi connectivity index (χ3v) is 3.48. The first-order chi connectivity index (χ1) is 10.6. The van der Waals surface area contributed by atoms with Gasteiger partial charge in [0.1, 0.15) is 6.10 Å². The number of rotatable bonds is 5. The van der Waals surface area contributed by atoms with E-state index in [1.807, 2.05) is 19.9 Å². The molecule has 7 nitrogen and oxygen atoms in total. The van der Waals surface area contributed by atoms with E-state index in [1.54, 1.807) is 12.0 Å². The molecule has 22 heavy (non-hydrogen) atoms. The van der Waals surface area contributed by atoms with Crippen molar-refractivity contribution < 1.29 is 14.3 Å². The van der Waals surface area contributed by atoms with Gasteiger partial charge in [0.2, 0.25) is 0 Å². The van der Waals surface area contributed by atoms with Crippen molar-refractivity contribution in [3.63, 3.8) is 0 Å². The molecule has 1 unspecified atom stereocenters. The molecule has 2 amide bonds. The third-order valence-electron chi connectivity index (χ3n) is 3.48. The van der Waals surface area contributed by atoms with Crippen LogP contribution in [0.4, 0.5) is 4.79 Å². The summed E-state index contributed by atoms with van der Waals surface area (Å²) >= 11 is 0. The number of piperidine rings is 1. The summed E-state index contributed by atoms with van der Waals surface area (Å²) in [6.07, 6.45) is 1.74. The molecule has 7 heteroatoms. The Hall–Kier alpha value is -1.89. The standard InChI is InChI=1S/C15H24N4O3/c1-11-9-12(2)18-14(17-11)22-13-5-4-7-19(10-13)15(20)16-6-8-21-3/h9,13H,4-8,10H2,1-3H3,(H,16,20). The molecule has 1 aromatic heterocycles. The Morgan fingerprint density at radius 3 is 2.82 bits per heavy atom. The van der Waals surface area contributed by atoms with Gasteiger partial charge in [-0.2, -0.15) is 0 Å². The van der Waals surface area contributed by atoms with Crippen molar-refractivity contribution in [3.8, 4) is 6.01 Å². The lowest BCUT2D eigenvalue weighted by molar-refractivity contribution is 0.0926. The Bertz CT molecular complexity index is 489. The number of carbonyl (C=O) groups is 1. The Morgan fingerprint density at radius 1 is 1.41 bits per heavy atom. The van der Waals surface area contributed by atoms with Crippen LogP contribution < -0.4 is 10.1 Å². The fourth-order valence-electron chi connectivity index (χ4n) is 2.49. The first-order valence-corrected chi connectivity index (χ1v) is 7.59. The highest BCUT2D eigenvalue weighted by atomic mass is 16.5. The highest BCUT2D eigenvalue weighted by Crippen LogP contribution is 2.16. The van der Waals surface area contributed by atoms with Crippen LogP contribution in [-0.4, -0.2) is 60.4 Å². The van der Waals surface area contributed by atoms with Crippen LogP contribution in [0.2, 0.25) is 0 Å². The van der Waals surface area contributed by atoms with Gasteiger partial charge in [0, 0.05) is 31.6 Å². The third kappa shape index (κ3) is 4.84. The summed E-state index contributed by atoms with van der Waals surface area (Å²) in [6.45, 7) is 6.14. The molecule has 1 aliphatic heterocycles. The first-order valence-electron chi connectivity index (χ1n) is 7.59. The van der Waals surface area contributed by atoms with E-state index < -0.39 is 0 Å². The van der Waals surface area contributed by atoms with Crippen LogP contribution >= 0.6 is 0 Å². The number of hydrogen-bond acceptors (Lipinski definition) is 5. The average Bonchev–Trinajstić information content (AvgIpc) is 2.46. The van der Waals surface area contributed by atoms with Gasteiger partial charge in [0.25, 0.3) is 0 Å². The number of aryl methyl sites for hydroxylation is 2. The van der Waals surface area contributed by atoms with E-state index >= 15 is 0 Å². The lowest BCUT2D eigenvalue weighted by Gasteiger charge is -2.32. The number of carbonyl (C=O) groups excluding carboxylic acids is 1. The van der Waals surface area contributed by atoms with Gasteiger partial charge in [-0.25, -0.2) is 14.8 Å². The average molecular weight is 308 g/mol. The topological polar surface area (TPSA) is 76.6 Å². The fourth-order valence-corrected chi connectivity index (χ4v) is 2.49. The highest BCUT2D eigenvalue weighted by molar-refractivity contribution is 5.74. The maximum absolute atomic E-state index is 12.1. The van der Waals surface area contributed by atoms with E-state index in [9.17, 15) is 4.79 Å². The van der Waals surface area contributed by atoms with Crippen molar-refractivity contribution in [3.05, 3.63) is 17.5 Å². The molecular formula is C15H24N4O3. The SMILES string of the molecule is COCCNC(=O)N1CCCC(Oc2nc(C)cc(C)n2)C1. The minimum atomic E-state index is -0.0771. The van der Waals surface area contributed by atoms with Gasteiger partial charge in [-0.05, 0) is 32.8 Å². The number of methoxy groups -OCH3 is 1. The molecule has 2 rings (SSSR count). The Morgan fingerprint density at radius 2 is 2.14 bits per heavy atom. The predicted octanol–water partition coefficient (Wildman–Crippen LogP) is 1.29. The second-order valence-corrected chi connectivity index (χ2v) is 5.49. The normalized spacial score (nSPS) is 18.1. The van der Waals surface area contributed by atoms with Crippen molar-refractivity contribution in [1.29, 1.82) is 0 Å². The molecule has 0 aliphatic carbocycles. The second-order valence-electron chi connectivity index (χ2n) is 5.49. The van der Waals surface area contributed by atoms with Crippen molar-refractivity contribution in [2.24, 2.45) is 0 Å². The van der Waals surface area contributed by atoms with E-state index in [0.29, 0.717) is 25.7 Å². The predicted molar refractivity (Wildman–Crippen MR) is 82.0 cm³/mol. The van der Waals surface area contributed by atoms with Crippen LogP contribution in [0.15, 0.2) is 6.07 Å². The monoisotopic (exact) mass is 308 g/mol. The highest BCUT2D eigenvalue weighted by Gasteiger charge is 2.25. The molecule has 2 heterocycles. The van der Waals surface area contributed by atoms with Crippen LogP contribution in [0.5, 0.6) is 6.01 Å². The molecule has 122 valence electrons. The van der Waals surface area contributed by atoms with Gasteiger partial charge >= 0.3 is 12.0 Å². The van der Waals surface area contributed by atoms with Crippen molar-refractivity contribution in [1.82, 2.24) is 20.2 Å². The maximum Gasteiger partial charge on any atom is 0.317 e. The quantitative estimate of drug-likeness (QED) is 0.830. The van der Waals surface area contributed by atoms with Gasteiger partial charge in [0.15, 0.2) is 0 Å². The summed E-state index contributed by atoms with van der Waals surface area (Å²) in [7, 11) is 1.61. The van der Waals surface area contributed by atoms with Crippen molar-refractivity contribution in [2.75, 3.05) is 33.4 Å². The number of ether oxygens (including phenoxy) is 2. The van der Waals surface area contributed by atoms with Crippen molar-refractivity contribution in [2.45, 2.75) is 32.8 Å². The van der Waals surface area contributed by atoms with Gasteiger partial charge in [0.05, 0.1) is 13.2 Å². The van der Waals surface area contributed by atoms with E-state index in [2.05, 4.69) is 15.3 Å². The molecule has 1 fully saturated rings. The number of hydrogen-bond donors (Lipinski definition) is 1. The summed E-state index contributed by atoms with van der Waals surface area (Å²) in [5.41, 5.74) is 1.76. The summed E-state index contributed by atoms with van der Waals surface area (Å²) < 4.78 is 10.8. The van der Waals surface area contributed by atoms with Crippen LogP contribution in [-0.2, 0) is 4.74 Å². The zero-order valence-corrected chi connectivity index (χ0v) is 13.5. The van der Waals surface area contributed by atoms with Crippen LogP contribution in [0.25, 0.3) is 0 Å². The number of nitrogens with one attached hydrogen (secondary N) is 1. The van der Waals surface area contributed by atoms with E-state index in [-0.39, 0.29) is 12.1 Å². The zero-order valence-electron chi connectivity index (χ0n) is 13.5. The molecule has 0 saturated carbocycles. The fraction of sp³-hybridized carbons (Fsp3) is 0.667. The summed E-state index contributed by atoms with van der Waals surface area (Å²) in [5, 5.41) is 2.83. The first kappa shape index (κ1) is 16.5. The second kappa shape index (κ2) is 7.93. The molecule has 1 atom stereocenters. The lowest BCUT2D eigenvalue weighted by atomic mass is 10.1. The van der Waals surface area contributed by atoms with Crippen LogP contribution in [0.1, 0.15) is 24.2 Å². The molecule has 0 aromatic carbocycles. The number of urea groups is 1. The van der Waals surface area contributed by atoms with E-state index in [4.69, 9.17) is 9.47 Å². The zero-order chi connectivity index (χ0) is 15.9. The van der Waals surface area contributed by atoms with Gasteiger partial charge in [-0.15, -0.1) is 0 Å². The molecule has 0 radical (unpaired) electrons. The Kier molecular flexibility index (Phi) is 5.94. The molecule has 0 spiro atoms. The van der Waals surface area contributed by atoms with Crippen LogP contribution in [0, 0.1) is 13.8 Å². The molecule has 1 aliphatic rings. The Balaban J connectivity index is 1.88. The molecular weight excluding hydrogens is 284 g/mol. The Labute approximate surface area is 131 Å². The number of likely N-dealkylation sites (tertiary alicyclic amines) is 1. The summed E-state index contributed by atoms with van der Waals surface area (Å²) in [6, 6.07) is 2.22. The van der Waals surface area contributed by atoms with Crippen molar-refractivity contribution >= 4 is 6.03 Å². The number of aromatic nitrogens is 2. The summed E-state index contributed by atoms with van der Waals surface area (Å²) in [4.78, 5) is 22.4. The molecule has 0 bridgehead atoms.